The van der Waals surface area contributed by atoms with Gasteiger partial charge in [0.25, 0.3) is 11.8 Å². The smallest absolute Gasteiger partial charge is 0.271 e. The van der Waals surface area contributed by atoms with E-state index in [-0.39, 0.29) is 17.5 Å². The average molecular weight is 378 g/mol. The van der Waals surface area contributed by atoms with Crippen LogP contribution in [0.5, 0.6) is 0 Å². The van der Waals surface area contributed by atoms with Gasteiger partial charge < -0.3 is 14.3 Å². The van der Waals surface area contributed by atoms with Crippen LogP contribution in [0.4, 0.5) is 0 Å². The molecule has 0 bridgehead atoms. The molecule has 0 saturated heterocycles. The number of pyridine rings is 1. The molecule has 142 valence electrons. The predicted molar refractivity (Wildman–Crippen MR) is 98.6 cm³/mol. The maximum atomic E-state index is 12.3. The maximum Gasteiger partial charge on any atom is 0.271 e. The van der Waals surface area contributed by atoms with Crippen LogP contribution in [0.15, 0.2) is 58.2 Å². The summed E-state index contributed by atoms with van der Waals surface area (Å²) in [5.41, 5.74) is 1.01. The van der Waals surface area contributed by atoms with Crippen LogP contribution in [0.25, 0.3) is 17.3 Å². The summed E-state index contributed by atoms with van der Waals surface area (Å²) >= 11 is 0. The van der Waals surface area contributed by atoms with Crippen LogP contribution in [0.3, 0.4) is 0 Å². The summed E-state index contributed by atoms with van der Waals surface area (Å²) in [6.07, 6.45) is 6.33. The number of amides is 1. The Morgan fingerprint density at radius 1 is 1.29 bits per heavy atom. The SMILES string of the molecule is CC(C)c1noc(-c2ccnc(-n3cnc(C(=O)NCc4ccco4)c3)c2)n1. The van der Waals surface area contributed by atoms with Crippen LogP contribution >= 0.6 is 0 Å². The van der Waals surface area contributed by atoms with Crippen molar-refractivity contribution < 1.29 is 13.7 Å². The third-order valence-corrected chi connectivity index (χ3v) is 4.03. The molecule has 4 aromatic heterocycles. The Kier molecular flexibility index (Phi) is 4.71. The van der Waals surface area contributed by atoms with Gasteiger partial charge in [0.05, 0.1) is 12.8 Å². The lowest BCUT2D eigenvalue weighted by molar-refractivity contribution is 0.0943. The Labute approximate surface area is 160 Å². The van der Waals surface area contributed by atoms with Gasteiger partial charge in [-0.05, 0) is 24.3 Å². The van der Waals surface area contributed by atoms with Crippen molar-refractivity contribution in [1.82, 2.24) is 30.0 Å². The largest absolute Gasteiger partial charge is 0.467 e. The Morgan fingerprint density at radius 2 is 2.18 bits per heavy atom. The molecule has 9 heteroatoms. The van der Waals surface area contributed by atoms with Crippen molar-refractivity contribution in [3.05, 3.63) is 66.5 Å². The fourth-order valence-corrected chi connectivity index (χ4v) is 2.52. The van der Waals surface area contributed by atoms with Crippen molar-refractivity contribution >= 4 is 5.91 Å². The number of nitrogens with one attached hydrogen (secondary N) is 1. The molecule has 0 saturated carbocycles. The van der Waals surface area contributed by atoms with Gasteiger partial charge in [-0.1, -0.05) is 19.0 Å². The van der Waals surface area contributed by atoms with Crippen molar-refractivity contribution in [3.63, 3.8) is 0 Å². The molecule has 0 aliphatic carbocycles. The molecule has 9 nitrogen and oxygen atoms in total. The van der Waals surface area contributed by atoms with Crippen LogP contribution in [-0.2, 0) is 6.54 Å². The molecule has 0 aromatic carbocycles. The normalized spacial score (nSPS) is 11.1. The number of hydrogen-bond donors (Lipinski definition) is 1. The molecule has 0 unspecified atom stereocenters. The standard InChI is InChI=1S/C19H18N6O3/c1-12(2)17-23-19(28-24-17)13-5-6-20-16(8-13)25-10-15(22-11-25)18(26)21-9-14-4-3-7-27-14/h3-8,10-12H,9H2,1-2H3,(H,21,26). The molecule has 0 aliphatic heterocycles. The molecule has 0 aliphatic rings. The molecule has 0 radical (unpaired) electrons. The fourth-order valence-electron chi connectivity index (χ4n) is 2.52. The topological polar surface area (TPSA) is 112 Å². The van der Waals surface area contributed by atoms with Gasteiger partial charge in [0, 0.05) is 23.9 Å². The van der Waals surface area contributed by atoms with E-state index < -0.39 is 0 Å². The summed E-state index contributed by atoms with van der Waals surface area (Å²) in [7, 11) is 0. The van der Waals surface area contributed by atoms with Crippen LogP contribution in [0.1, 0.15) is 41.8 Å². The number of hydrogen-bond acceptors (Lipinski definition) is 7. The van der Waals surface area contributed by atoms with Crippen LogP contribution in [-0.4, -0.2) is 30.6 Å². The Morgan fingerprint density at radius 3 is 2.93 bits per heavy atom. The molecule has 1 N–H and O–H groups in total. The van der Waals surface area contributed by atoms with Crippen molar-refractivity contribution in [1.29, 1.82) is 0 Å². The van der Waals surface area contributed by atoms with Gasteiger partial charge in [-0.3, -0.25) is 9.36 Å². The summed E-state index contributed by atoms with van der Waals surface area (Å²) in [5.74, 6) is 2.19. The van der Waals surface area contributed by atoms with Gasteiger partial charge in [0.2, 0.25) is 0 Å². The highest BCUT2D eigenvalue weighted by atomic mass is 16.5. The molecule has 0 fully saturated rings. The van der Waals surface area contributed by atoms with E-state index in [0.717, 1.165) is 5.56 Å². The van der Waals surface area contributed by atoms with E-state index in [1.54, 1.807) is 47.5 Å². The number of carbonyl (C=O) groups is 1. The minimum atomic E-state index is -0.301. The van der Waals surface area contributed by atoms with Crippen molar-refractivity contribution in [2.45, 2.75) is 26.3 Å². The molecule has 4 heterocycles. The van der Waals surface area contributed by atoms with Gasteiger partial charge in [-0.15, -0.1) is 0 Å². The lowest BCUT2D eigenvalue weighted by Gasteiger charge is -2.02. The van der Waals surface area contributed by atoms with E-state index in [0.29, 0.717) is 29.8 Å². The first kappa shape index (κ1) is 17.7. The highest BCUT2D eigenvalue weighted by molar-refractivity contribution is 5.92. The summed E-state index contributed by atoms with van der Waals surface area (Å²) in [6, 6.07) is 7.14. The summed E-state index contributed by atoms with van der Waals surface area (Å²) < 4.78 is 12.2. The van der Waals surface area contributed by atoms with E-state index in [2.05, 4.69) is 25.4 Å². The van der Waals surface area contributed by atoms with Crippen molar-refractivity contribution in [2.24, 2.45) is 0 Å². The second-order valence-corrected chi connectivity index (χ2v) is 6.44. The lowest BCUT2D eigenvalue weighted by atomic mass is 10.2. The third kappa shape index (κ3) is 3.68. The molecule has 4 aromatic rings. The molecule has 0 atom stereocenters. The monoisotopic (exact) mass is 378 g/mol. The number of furan rings is 1. The minimum Gasteiger partial charge on any atom is -0.467 e. The molecule has 1 amide bonds. The zero-order chi connectivity index (χ0) is 19.5. The van der Waals surface area contributed by atoms with Gasteiger partial charge in [-0.25, -0.2) is 9.97 Å². The van der Waals surface area contributed by atoms with Gasteiger partial charge in [-0.2, -0.15) is 4.98 Å². The van der Waals surface area contributed by atoms with E-state index in [4.69, 9.17) is 8.94 Å². The zero-order valence-corrected chi connectivity index (χ0v) is 15.4. The van der Waals surface area contributed by atoms with Crippen molar-refractivity contribution in [3.8, 4) is 17.3 Å². The van der Waals surface area contributed by atoms with E-state index in [1.807, 2.05) is 13.8 Å². The molecule has 4 rings (SSSR count). The quantitative estimate of drug-likeness (QED) is 0.549. The van der Waals surface area contributed by atoms with Gasteiger partial charge in [0.15, 0.2) is 5.82 Å². The first-order valence-corrected chi connectivity index (χ1v) is 8.75. The Hall–Kier alpha value is -3.75. The lowest BCUT2D eigenvalue weighted by Crippen LogP contribution is -2.22. The van der Waals surface area contributed by atoms with E-state index in [9.17, 15) is 4.79 Å². The van der Waals surface area contributed by atoms with E-state index in [1.165, 1.54) is 6.33 Å². The molecule has 28 heavy (non-hydrogen) atoms. The maximum absolute atomic E-state index is 12.3. The van der Waals surface area contributed by atoms with Crippen LogP contribution in [0, 0.1) is 0 Å². The minimum absolute atomic E-state index is 0.176. The van der Waals surface area contributed by atoms with E-state index >= 15 is 0 Å². The van der Waals surface area contributed by atoms with Gasteiger partial charge >= 0.3 is 0 Å². The van der Waals surface area contributed by atoms with Crippen LogP contribution in [0.2, 0.25) is 0 Å². The molecule has 0 spiro atoms. The summed E-state index contributed by atoms with van der Waals surface area (Å²) in [4.78, 5) is 25.1. The first-order chi connectivity index (χ1) is 13.6. The number of rotatable bonds is 6. The highest BCUT2D eigenvalue weighted by Crippen LogP contribution is 2.21. The van der Waals surface area contributed by atoms with Crippen LogP contribution < -0.4 is 5.32 Å². The van der Waals surface area contributed by atoms with Gasteiger partial charge in [0.1, 0.15) is 23.6 Å². The second-order valence-electron chi connectivity index (χ2n) is 6.44. The Balaban J connectivity index is 1.51. The third-order valence-electron chi connectivity index (χ3n) is 4.03. The number of imidazole rings is 1. The Bertz CT molecular complexity index is 1080. The fraction of sp³-hybridized carbons (Fsp3) is 0.211. The number of aromatic nitrogens is 5. The predicted octanol–water partition coefficient (Wildman–Crippen LogP) is 2.96. The highest BCUT2D eigenvalue weighted by Gasteiger charge is 2.14. The molecular formula is C19H18N6O3. The molecular weight excluding hydrogens is 360 g/mol. The summed E-state index contributed by atoms with van der Waals surface area (Å²) in [6.45, 7) is 4.29. The average Bonchev–Trinajstić information content (AvgIpc) is 3.48. The number of carbonyl (C=O) groups excluding carboxylic acids is 1. The first-order valence-electron chi connectivity index (χ1n) is 8.75. The second kappa shape index (κ2) is 7.47. The zero-order valence-electron chi connectivity index (χ0n) is 15.4. The number of nitrogens with zero attached hydrogens (tertiary/aromatic N) is 5. The summed E-state index contributed by atoms with van der Waals surface area (Å²) in [5, 5.41) is 6.73. The van der Waals surface area contributed by atoms with Crippen molar-refractivity contribution in [2.75, 3.05) is 0 Å².